The van der Waals surface area contributed by atoms with Crippen molar-refractivity contribution in [3.05, 3.63) is 47.2 Å². The van der Waals surface area contributed by atoms with E-state index in [-0.39, 0.29) is 33.8 Å². The first kappa shape index (κ1) is 23.6. The Kier molecular flexibility index (Phi) is 6.26. The van der Waals surface area contributed by atoms with Crippen LogP contribution in [-0.4, -0.2) is 44.0 Å². The van der Waals surface area contributed by atoms with Gasteiger partial charge in [0.25, 0.3) is 0 Å². The molecule has 1 fully saturated rings. The van der Waals surface area contributed by atoms with Crippen molar-refractivity contribution in [2.75, 3.05) is 11.9 Å². The highest BCUT2D eigenvalue weighted by molar-refractivity contribution is 6.18. The van der Waals surface area contributed by atoms with Gasteiger partial charge in [0.15, 0.2) is 6.23 Å². The number of aromatic nitrogens is 3. The fourth-order valence-corrected chi connectivity index (χ4v) is 3.91. The lowest BCUT2D eigenvalue weighted by Gasteiger charge is -2.23. The number of hydrogen-bond acceptors (Lipinski definition) is 7. The lowest BCUT2D eigenvalue weighted by atomic mass is 10.0. The van der Waals surface area contributed by atoms with Crippen molar-refractivity contribution in [2.24, 2.45) is 0 Å². The molecule has 1 unspecified atom stereocenters. The molecule has 2 aromatic heterocycles. The second-order valence-electron chi connectivity index (χ2n) is 9.22. The van der Waals surface area contributed by atoms with Crippen molar-refractivity contribution >= 4 is 28.5 Å². The first-order valence-corrected chi connectivity index (χ1v) is 11.1. The van der Waals surface area contributed by atoms with Crippen LogP contribution in [-0.2, 0) is 9.47 Å². The third-order valence-electron chi connectivity index (χ3n) is 5.53. The summed E-state index contributed by atoms with van der Waals surface area (Å²) < 4.78 is 27.4. The number of halogens is 1. The summed E-state index contributed by atoms with van der Waals surface area (Å²) in [5.74, 6) is -1.29. The predicted molar refractivity (Wildman–Crippen MR) is 122 cm³/mol. The topological polar surface area (TPSA) is 116 Å². The number of carbonyl (C=O) groups excluding carboxylic acids is 2. The van der Waals surface area contributed by atoms with Crippen molar-refractivity contribution < 1.29 is 28.6 Å². The van der Waals surface area contributed by atoms with E-state index < -0.39 is 29.5 Å². The molecule has 0 saturated carbocycles. The van der Waals surface area contributed by atoms with Crippen LogP contribution in [0.25, 0.3) is 10.9 Å². The van der Waals surface area contributed by atoms with Gasteiger partial charge in [0.1, 0.15) is 28.4 Å². The number of carbonyl (C=O) groups is 2. The molecule has 1 amide bonds. The lowest BCUT2D eigenvalue weighted by Crippen LogP contribution is -2.28. The quantitative estimate of drug-likeness (QED) is 0.523. The monoisotopic (exact) mass is 470 g/mol. The van der Waals surface area contributed by atoms with Crippen molar-refractivity contribution in [1.29, 1.82) is 0 Å². The third-order valence-corrected chi connectivity index (χ3v) is 5.53. The number of pyridine rings is 1. The summed E-state index contributed by atoms with van der Waals surface area (Å²) in [6.45, 7) is 7.21. The van der Waals surface area contributed by atoms with Crippen LogP contribution >= 0.6 is 0 Å². The highest BCUT2D eigenvalue weighted by atomic mass is 19.1. The average Bonchev–Trinajstić information content (AvgIpc) is 3.22. The van der Waals surface area contributed by atoms with E-state index in [1.807, 2.05) is 0 Å². The standard InChI is InChI=1S/C24H27FN4O5/c1-13-17(30)12-26-20(19(13)28-23(32)34-24(2,3)4)22(31)14-8-9-16(25)21-15(14)11-27-29(21)18-7-5-6-10-33-18/h8-9,11-12,18,30H,5-7,10H2,1-4H3,(H,28,32). The number of ether oxygens (including phenoxy) is 2. The molecule has 1 saturated heterocycles. The zero-order valence-corrected chi connectivity index (χ0v) is 19.5. The zero-order valence-electron chi connectivity index (χ0n) is 19.5. The maximum Gasteiger partial charge on any atom is 0.412 e. The predicted octanol–water partition coefficient (Wildman–Crippen LogP) is 4.86. The molecule has 0 radical (unpaired) electrons. The van der Waals surface area contributed by atoms with E-state index >= 15 is 0 Å². The Morgan fingerprint density at radius 1 is 1.26 bits per heavy atom. The van der Waals surface area contributed by atoms with E-state index in [0.717, 1.165) is 19.0 Å². The highest BCUT2D eigenvalue weighted by Gasteiger charge is 2.27. The maximum absolute atomic E-state index is 14.9. The number of benzene rings is 1. The molecule has 0 aliphatic carbocycles. The van der Waals surface area contributed by atoms with Crippen molar-refractivity contribution in [3.8, 4) is 5.75 Å². The van der Waals surface area contributed by atoms with Crippen LogP contribution in [0.15, 0.2) is 24.5 Å². The molecule has 1 aliphatic heterocycles. The number of rotatable bonds is 4. The van der Waals surface area contributed by atoms with Gasteiger partial charge in [-0.3, -0.25) is 10.1 Å². The Hall–Kier alpha value is -3.53. The van der Waals surface area contributed by atoms with Crippen LogP contribution < -0.4 is 5.32 Å². The van der Waals surface area contributed by atoms with Gasteiger partial charge >= 0.3 is 6.09 Å². The van der Waals surface area contributed by atoms with Crippen molar-refractivity contribution in [2.45, 2.75) is 58.8 Å². The molecule has 4 rings (SSSR count). The van der Waals surface area contributed by atoms with E-state index in [4.69, 9.17) is 9.47 Å². The van der Waals surface area contributed by atoms with Gasteiger partial charge in [0, 0.05) is 23.1 Å². The molecule has 0 spiro atoms. The summed E-state index contributed by atoms with van der Waals surface area (Å²) in [6.07, 6.45) is 3.90. The summed E-state index contributed by atoms with van der Waals surface area (Å²) in [6, 6.07) is 2.56. The largest absolute Gasteiger partial charge is 0.506 e. The Morgan fingerprint density at radius 2 is 2.03 bits per heavy atom. The fraction of sp³-hybridized carbons (Fsp3) is 0.417. The first-order chi connectivity index (χ1) is 16.1. The molecule has 34 heavy (non-hydrogen) atoms. The number of nitrogens with zero attached hydrogens (tertiary/aromatic N) is 3. The van der Waals surface area contributed by atoms with Crippen LogP contribution in [0.4, 0.5) is 14.9 Å². The Balaban J connectivity index is 1.77. The Bertz CT molecular complexity index is 1260. The van der Waals surface area contributed by atoms with Gasteiger partial charge in [0.05, 0.1) is 18.1 Å². The van der Waals surface area contributed by atoms with Gasteiger partial charge in [-0.25, -0.2) is 18.9 Å². The molecule has 180 valence electrons. The molecule has 10 heteroatoms. The SMILES string of the molecule is Cc1c(O)cnc(C(=O)c2ccc(F)c3c2cnn3C2CCCCO2)c1NC(=O)OC(C)(C)C. The number of ketones is 1. The van der Waals surface area contributed by atoms with Gasteiger partial charge in [0.2, 0.25) is 5.78 Å². The Labute approximate surface area is 195 Å². The summed E-state index contributed by atoms with van der Waals surface area (Å²) >= 11 is 0. The summed E-state index contributed by atoms with van der Waals surface area (Å²) in [5, 5.41) is 17.3. The molecular weight excluding hydrogens is 443 g/mol. The minimum absolute atomic E-state index is 0.0136. The summed E-state index contributed by atoms with van der Waals surface area (Å²) in [5.41, 5.74) is -0.312. The van der Waals surface area contributed by atoms with Gasteiger partial charge in [-0.2, -0.15) is 5.10 Å². The van der Waals surface area contributed by atoms with E-state index in [2.05, 4.69) is 15.4 Å². The molecule has 2 N–H and O–H groups in total. The van der Waals surface area contributed by atoms with Crippen LogP contribution in [0.2, 0.25) is 0 Å². The van der Waals surface area contributed by atoms with Crippen LogP contribution in [0.1, 0.15) is 67.9 Å². The number of nitrogens with one attached hydrogen (secondary N) is 1. The third kappa shape index (κ3) is 4.58. The number of amides is 1. The molecule has 1 atom stereocenters. The van der Waals surface area contributed by atoms with Gasteiger partial charge < -0.3 is 14.6 Å². The van der Waals surface area contributed by atoms with Gasteiger partial charge in [-0.15, -0.1) is 0 Å². The van der Waals surface area contributed by atoms with E-state index in [1.54, 1.807) is 27.7 Å². The molecule has 0 bridgehead atoms. The van der Waals surface area contributed by atoms with E-state index in [9.17, 15) is 19.1 Å². The molecule has 1 aliphatic rings. The van der Waals surface area contributed by atoms with E-state index in [1.165, 1.54) is 23.0 Å². The van der Waals surface area contributed by atoms with Crippen molar-refractivity contribution in [3.63, 3.8) is 0 Å². The molecular formula is C24H27FN4O5. The summed E-state index contributed by atoms with van der Waals surface area (Å²) in [4.78, 5) is 30.1. The molecule has 3 heterocycles. The Morgan fingerprint density at radius 3 is 2.71 bits per heavy atom. The molecule has 9 nitrogen and oxygen atoms in total. The average molecular weight is 471 g/mol. The van der Waals surface area contributed by atoms with Crippen LogP contribution in [0.3, 0.4) is 0 Å². The second-order valence-corrected chi connectivity index (χ2v) is 9.22. The second kappa shape index (κ2) is 9.02. The fourth-order valence-electron chi connectivity index (χ4n) is 3.91. The first-order valence-electron chi connectivity index (χ1n) is 11.1. The normalized spacial score (nSPS) is 16.4. The minimum atomic E-state index is -0.802. The number of hydrogen-bond donors (Lipinski definition) is 2. The minimum Gasteiger partial charge on any atom is -0.506 e. The maximum atomic E-state index is 14.9. The van der Waals surface area contributed by atoms with Gasteiger partial charge in [-0.05, 0) is 59.1 Å². The highest BCUT2D eigenvalue weighted by Crippen LogP contribution is 2.33. The van der Waals surface area contributed by atoms with E-state index in [0.29, 0.717) is 18.4 Å². The van der Waals surface area contributed by atoms with Crippen LogP contribution in [0, 0.1) is 12.7 Å². The lowest BCUT2D eigenvalue weighted by molar-refractivity contribution is -0.0369. The van der Waals surface area contributed by atoms with Gasteiger partial charge in [-0.1, -0.05) is 0 Å². The van der Waals surface area contributed by atoms with Crippen LogP contribution in [0.5, 0.6) is 5.75 Å². The number of aromatic hydroxyl groups is 1. The summed E-state index contributed by atoms with van der Waals surface area (Å²) in [7, 11) is 0. The molecule has 3 aromatic rings. The number of anilines is 1. The smallest absolute Gasteiger partial charge is 0.412 e. The van der Waals surface area contributed by atoms with Crippen molar-refractivity contribution in [1.82, 2.24) is 14.8 Å². The molecule has 1 aromatic carbocycles. The number of fused-ring (bicyclic) bond motifs is 1. The zero-order chi connectivity index (χ0) is 24.6.